The Morgan fingerprint density at radius 1 is 1.27 bits per heavy atom. The van der Waals surface area contributed by atoms with Crippen LogP contribution in [0.2, 0.25) is 0 Å². The van der Waals surface area contributed by atoms with Gasteiger partial charge in [0, 0.05) is 17.5 Å². The van der Waals surface area contributed by atoms with E-state index in [0.717, 1.165) is 23.3 Å². The average molecular weight is 197 g/mol. The van der Waals surface area contributed by atoms with Gasteiger partial charge in [0.2, 0.25) is 0 Å². The summed E-state index contributed by atoms with van der Waals surface area (Å²) in [6, 6.07) is 8.06. The minimum absolute atomic E-state index is 0.542. The Morgan fingerprint density at radius 2 is 2.07 bits per heavy atom. The Bertz CT molecular complexity index is 585. The molecule has 0 amide bonds. The van der Waals surface area contributed by atoms with Crippen LogP contribution in [-0.4, -0.2) is 10.7 Å². The Balaban J connectivity index is 2.43. The summed E-state index contributed by atoms with van der Waals surface area (Å²) in [5.74, 6) is 0.542. The highest BCUT2D eigenvalue weighted by molar-refractivity contribution is 6.01. The van der Waals surface area contributed by atoms with Crippen molar-refractivity contribution in [1.29, 1.82) is 0 Å². The number of nitrogens with zero attached hydrogens (tertiary/aromatic N) is 2. The van der Waals surface area contributed by atoms with Gasteiger partial charge in [-0.2, -0.15) is 0 Å². The third kappa shape index (κ3) is 1.13. The molecule has 2 aromatic rings. The van der Waals surface area contributed by atoms with Crippen LogP contribution < -0.4 is 5.73 Å². The topological polar surface area (TPSA) is 51.3 Å². The molecule has 3 nitrogen and oxygen atoms in total. The van der Waals surface area contributed by atoms with Crippen molar-refractivity contribution >= 4 is 28.1 Å². The number of rotatable bonds is 0. The van der Waals surface area contributed by atoms with E-state index in [9.17, 15) is 0 Å². The molecule has 0 spiro atoms. The number of nitrogens with two attached hydrogens (primary N) is 1. The average Bonchev–Trinajstić information content (AvgIpc) is 2.61. The Kier molecular flexibility index (Phi) is 1.57. The first-order chi connectivity index (χ1) is 7.25. The van der Waals surface area contributed by atoms with E-state index < -0.39 is 0 Å². The van der Waals surface area contributed by atoms with E-state index in [4.69, 9.17) is 5.73 Å². The number of fused-ring (bicyclic) bond motifs is 3. The van der Waals surface area contributed by atoms with E-state index in [1.54, 1.807) is 0 Å². The predicted molar refractivity (Wildman–Crippen MR) is 62.6 cm³/mol. The minimum Gasteiger partial charge on any atom is -0.382 e. The van der Waals surface area contributed by atoms with Crippen LogP contribution in [0.1, 0.15) is 12.5 Å². The van der Waals surface area contributed by atoms with Gasteiger partial charge in [0.1, 0.15) is 11.5 Å². The Morgan fingerprint density at radius 3 is 2.93 bits per heavy atom. The molecule has 0 saturated carbocycles. The predicted octanol–water partition coefficient (Wildman–Crippen LogP) is 2.47. The largest absolute Gasteiger partial charge is 0.382 e. The van der Waals surface area contributed by atoms with Crippen LogP contribution >= 0.6 is 0 Å². The number of benzene rings is 1. The minimum atomic E-state index is 0.542. The van der Waals surface area contributed by atoms with Gasteiger partial charge in [-0.1, -0.05) is 18.2 Å². The monoisotopic (exact) mass is 197 g/mol. The lowest BCUT2D eigenvalue weighted by Gasteiger charge is -2.05. The van der Waals surface area contributed by atoms with E-state index in [0.29, 0.717) is 5.82 Å². The maximum Gasteiger partial charge on any atom is 0.150 e. The molecule has 0 saturated heterocycles. The standard InChI is InChI=1S/C12H11N3/c1-7-6-9-8-4-2-3-5-10(8)15-12(13)11(9)14-7/h2-5H,6H2,1H3,(H2,13,15). The first-order valence-corrected chi connectivity index (χ1v) is 4.97. The van der Waals surface area contributed by atoms with Crippen LogP contribution in [0.15, 0.2) is 29.3 Å². The molecule has 1 aliphatic rings. The molecular formula is C12H11N3. The molecule has 3 heteroatoms. The Labute approximate surface area is 87.7 Å². The van der Waals surface area contributed by atoms with Crippen molar-refractivity contribution in [3.63, 3.8) is 0 Å². The summed E-state index contributed by atoms with van der Waals surface area (Å²) in [4.78, 5) is 8.78. The number of hydrogen-bond acceptors (Lipinski definition) is 3. The Hall–Kier alpha value is -1.90. The van der Waals surface area contributed by atoms with Gasteiger partial charge in [-0.05, 0) is 18.6 Å². The summed E-state index contributed by atoms with van der Waals surface area (Å²) in [6.07, 6.45) is 0.891. The smallest absolute Gasteiger partial charge is 0.150 e. The summed E-state index contributed by atoms with van der Waals surface area (Å²) in [5.41, 5.74) is 10.0. The number of nitrogen functional groups attached to an aromatic ring is 1. The highest BCUT2D eigenvalue weighted by Crippen LogP contribution is 2.36. The molecule has 2 N–H and O–H groups in total. The van der Waals surface area contributed by atoms with Gasteiger partial charge >= 0.3 is 0 Å². The van der Waals surface area contributed by atoms with Gasteiger partial charge in [-0.25, -0.2) is 4.98 Å². The molecule has 0 bridgehead atoms. The van der Waals surface area contributed by atoms with Crippen LogP contribution in [0, 0.1) is 0 Å². The van der Waals surface area contributed by atoms with Gasteiger partial charge in [-0.15, -0.1) is 0 Å². The van der Waals surface area contributed by atoms with Crippen molar-refractivity contribution in [3.8, 4) is 0 Å². The molecule has 3 rings (SSSR count). The lowest BCUT2D eigenvalue weighted by molar-refractivity contribution is 1.35. The molecule has 0 unspecified atom stereocenters. The van der Waals surface area contributed by atoms with E-state index in [1.165, 1.54) is 10.9 Å². The van der Waals surface area contributed by atoms with Gasteiger partial charge in [0.15, 0.2) is 0 Å². The van der Waals surface area contributed by atoms with Gasteiger partial charge in [-0.3, -0.25) is 4.99 Å². The maximum absolute atomic E-state index is 5.88. The summed E-state index contributed by atoms with van der Waals surface area (Å²) < 4.78 is 0. The number of para-hydroxylation sites is 1. The lowest BCUT2D eigenvalue weighted by Crippen LogP contribution is -1.95. The number of aromatic nitrogens is 1. The summed E-state index contributed by atoms with van der Waals surface area (Å²) in [7, 11) is 0. The van der Waals surface area contributed by atoms with E-state index >= 15 is 0 Å². The third-order valence-electron chi connectivity index (χ3n) is 2.73. The SMILES string of the molecule is CC1=Nc2c(N)nc3ccccc3c2C1. The van der Waals surface area contributed by atoms with E-state index in [2.05, 4.69) is 16.0 Å². The van der Waals surface area contributed by atoms with Crippen LogP contribution in [0.3, 0.4) is 0 Å². The van der Waals surface area contributed by atoms with Crippen LogP contribution in [0.4, 0.5) is 11.5 Å². The zero-order valence-corrected chi connectivity index (χ0v) is 8.49. The molecule has 0 aliphatic carbocycles. The molecule has 0 radical (unpaired) electrons. The number of anilines is 1. The van der Waals surface area contributed by atoms with Crippen molar-refractivity contribution in [2.24, 2.45) is 4.99 Å². The fourth-order valence-corrected chi connectivity index (χ4v) is 2.08. The van der Waals surface area contributed by atoms with Gasteiger partial charge in [0.25, 0.3) is 0 Å². The van der Waals surface area contributed by atoms with Crippen LogP contribution in [-0.2, 0) is 6.42 Å². The van der Waals surface area contributed by atoms with Crippen molar-refractivity contribution < 1.29 is 0 Å². The first kappa shape index (κ1) is 8.41. The first-order valence-electron chi connectivity index (χ1n) is 4.97. The van der Waals surface area contributed by atoms with Crippen molar-refractivity contribution in [2.75, 3.05) is 5.73 Å². The molecule has 1 aliphatic heterocycles. The molecule has 1 aromatic heterocycles. The molecular weight excluding hydrogens is 186 g/mol. The summed E-state index contributed by atoms with van der Waals surface area (Å²) in [5, 5.41) is 1.17. The number of aliphatic imine (C=N–C) groups is 1. The molecule has 15 heavy (non-hydrogen) atoms. The lowest BCUT2D eigenvalue weighted by atomic mass is 10.0. The van der Waals surface area contributed by atoms with E-state index in [1.807, 2.05) is 25.1 Å². The molecule has 0 atom stereocenters. The second-order valence-electron chi connectivity index (χ2n) is 3.87. The van der Waals surface area contributed by atoms with Gasteiger partial charge < -0.3 is 5.73 Å². The second-order valence-corrected chi connectivity index (χ2v) is 3.87. The number of pyridine rings is 1. The summed E-state index contributed by atoms with van der Waals surface area (Å²) >= 11 is 0. The zero-order chi connectivity index (χ0) is 10.4. The van der Waals surface area contributed by atoms with Crippen molar-refractivity contribution in [1.82, 2.24) is 4.98 Å². The van der Waals surface area contributed by atoms with Crippen LogP contribution in [0.5, 0.6) is 0 Å². The number of hydrogen-bond donors (Lipinski definition) is 1. The highest BCUT2D eigenvalue weighted by Gasteiger charge is 2.18. The maximum atomic E-state index is 5.88. The van der Waals surface area contributed by atoms with Crippen molar-refractivity contribution in [2.45, 2.75) is 13.3 Å². The normalized spacial score (nSPS) is 14.1. The molecule has 0 fully saturated rings. The van der Waals surface area contributed by atoms with Crippen molar-refractivity contribution in [3.05, 3.63) is 29.8 Å². The molecule has 74 valence electrons. The second kappa shape index (κ2) is 2.79. The molecule has 1 aromatic carbocycles. The highest BCUT2D eigenvalue weighted by atomic mass is 14.9. The zero-order valence-electron chi connectivity index (χ0n) is 8.49. The molecule has 2 heterocycles. The quantitative estimate of drug-likeness (QED) is 0.705. The van der Waals surface area contributed by atoms with Gasteiger partial charge in [0.05, 0.1) is 5.52 Å². The van der Waals surface area contributed by atoms with Crippen LogP contribution in [0.25, 0.3) is 10.9 Å². The summed E-state index contributed by atoms with van der Waals surface area (Å²) in [6.45, 7) is 2.02. The fourth-order valence-electron chi connectivity index (χ4n) is 2.08. The van der Waals surface area contributed by atoms with E-state index in [-0.39, 0.29) is 0 Å². The fraction of sp³-hybridized carbons (Fsp3) is 0.167. The third-order valence-corrected chi connectivity index (χ3v) is 2.73.